The summed E-state index contributed by atoms with van der Waals surface area (Å²) >= 11 is 0. The van der Waals surface area contributed by atoms with Gasteiger partial charge in [-0.15, -0.1) is 0 Å². The average Bonchev–Trinajstić information content (AvgIpc) is 3.22. The first-order valence-corrected chi connectivity index (χ1v) is 14.4. The number of hydrogen-bond acceptors (Lipinski definition) is 5. The molecular weight excluding hydrogens is 452 g/mol. The van der Waals surface area contributed by atoms with Crippen LogP contribution in [-0.4, -0.2) is 36.9 Å². The number of esters is 1. The Hall–Kier alpha value is -1.72. The summed E-state index contributed by atoms with van der Waals surface area (Å²) in [5.74, 6) is 1.74. The Morgan fingerprint density at radius 2 is 1.78 bits per heavy atom. The minimum absolute atomic E-state index is 0.0682. The number of carbonyl (C=O) groups is 2. The Labute approximate surface area is 215 Å². The first-order valence-electron chi connectivity index (χ1n) is 14.4. The molecule has 0 radical (unpaired) electrons. The van der Waals surface area contributed by atoms with E-state index in [4.69, 9.17) is 14.2 Å². The molecular formula is C31H42O5. The number of hydrogen-bond donors (Lipinski definition) is 0. The molecule has 4 aliphatic carbocycles. The van der Waals surface area contributed by atoms with Crippen molar-refractivity contribution in [1.29, 1.82) is 0 Å². The summed E-state index contributed by atoms with van der Waals surface area (Å²) < 4.78 is 19.0. The number of rotatable bonds is 4. The molecule has 0 spiro atoms. The van der Waals surface area contributed by atoms with Crippen LogP contribution in [0.25, 0.3) is 0 Å². The van der Waals surface area contributed by atoms with Crippen molar-refractivity contribution in [2.45, 2.75) is 103 Å². The molecule has 0 N–H and O–H groups in total. The second-order valence-corrected chi connectivity index (χ2v) is 12.8. The normalized spacial score (nSPS) is 44.3. The van der Waals surface area contributed by atoms with Crippen LogP contribution >= 0.6 is 0 Å². The van der Waals surface area contributed by atoms with Crippen LogP contribution < -0.4 is 0 Å². The van der Waals surface area contributed by atoms with Crippen LogP contribution in [0.15, 0.2) is 30.3 Å². The fourth-order valence-electron chi connectivity index (χ4n) is 9.07. The van der Waals surface area contributed by atoms with Crippen LogP contribution in [0, 0.1) is 34.5 Å². The predicted molar refractivity (Wildman–Crippen MR) is 136 cm³/mol. The van der Waals surface area contributed by atoms with Gasteiger partial charge in [-0.3, -0.25) is 4.79 Å². The van der Waals surface area contributed by atoms with Gasteiger partial charge < -0.3 is 14.2 Å². The number of ether oxygens (including phenoxy) is 3. The first kappa shape index (κ1) is 24.6. The highest BCUT2D eigenvalue weighted by molar-refractivity contribution is 5.89. The number of fused-ring (bicyclic) bond motifs is 5. The van der Waals surface area contributed by atoms with Crippen molar-refractivity contribution in [3.63, 3.8) is 0 Å². The Bertz CT molecular complexity index is 970. The molecule has 0 bridgehead atoms. The number of ketones is 1. The molecule has 5 nitrogen and oxygen atoms in total. The van der Waals surface area contributed by atoms with Gasteiger partial charge in [0.15, 0.2) is 6.29 Å². The van der Waals surface area contributed by atoms with Gasteiger partial charge in [0.2, 0.25) is 0 Å². The van der Waals surface area contributed by atoms with Crippen molar-refractivity contribution in [1.82, 2.24) is 0 Å². The monoisotopic (exact) mass is 494 g/mol. The molecule has 6 rings (SSSR count). The molecule has 5 heteroatoms. The maximum absolute atomic E-state index is 13.3. The highest BCUT2D eigenvalue weighted by Gasteiger charge is 2.64. The summed E-state index contributed by atoms with van der Waals surface area (Å²) in [6.07, 6.45) is 10.9. The van der Waals surface area contributed by atoms with Crippen LogP contribution in [0.1, 0.15) is 94.8 Å². The third-order valence-electron chi connectivity index (χ3n) is 11.1. The maximum atomic E-state index is 13.3. The molecule has 5 aliphatic rings. The molecule has 196 valence electrons. The molecule has 1 unspecified atom stereocenters. The van der Waals surface area contributed by atoms with E-state index in [1.54, 1.807) is 0 Å². The quantitative estimate of drug-likeness (QED) is 0.457. The maximum Gasteiger partial charge on any atom is 0.338 e. The van der Waals surface area contributed by atoms with Crippen LogP contribution in [0.5, 0.6) is 0 Å². The molecule has 1 aliphatic heterocycles. The van der Waals surface area contributed by atoms with E-state index in [1.807, 2.05) is 30.3 Å². The molecule has 1 aromatic carbocycles. The van der Waals surface area contributed by atoms with Gasteiger partial charge in [-0.05, 0) is 98.5 Å². The van der Waals surface area contributed by atoms with Gasteiger partial charge in [0.25, 0.3) is 0 Å². The SMILES string of the molecule is C[C@]12CCC(=O)C[C@H]1C[C@@H](OC(=O)c1ccccc1)[C@@H]1[C@@H]2CC[C@]2(C)[C@@H](OC3CCCCO3)CC[C@@H]12. The highest BCUT2D eigenvalue weighted by Crippen LogP contribution is 2.67. The van der Waals surface area contributed by atoms with E-state index >= 15 is 0 Å². The van der Waals surface area contributed by atoms with Crippen LogP contribution in [-0.2, 0) is 19.0 Å². The lowest BCUT2D eigenvalue weighted by molar-refractivity contribution is -0.224. The zero-order chi connectivity index (χ0) is 24.9. The van der Waals surface area contributed by atoms with Crippen LogP contribution in [0.3, 0.4) is 0 Å². The van der Waals surface area contributed by atoms with Gasteiger partial charge in [-0.2, -0.15) is 0 Å². The van der Waals surface area contributed by atoms with Gasteiger partial charge in [-0.1, -0.05) is 32.0 Å². The lowest BCUT2D eigenvalue weighted by Crippen LogP contribution is -2.59. The summed E-state index contributed by atoms with van der Waals surface area (Å²) in [5.41, 5.74) is 0.844. The lowest BCUT2D eigenvalue weighted by atomic mass is 9.44. The Kier molecular flexibility index (Phi) is 6.52. The molecule has 36 heavy (non-hydrogen) atoms. The summed E-state index contributed by atoms with van der Waals surface area (Å²) in [6.45, 7) is 5.68. The number of Topliss-reactive ketones (excluding diaryl/α,β-unsaturated/α-hetero) is 1. The molecule has 9 atom stereocenters. The molecule has 4 saturated carbocycles. The molecule has 1 aromatic rings. The van der Waals surface area contributed by atoms with Gasteiger partial charge in [0, 0.05) is 25.4 Å². The van der Waals surface area contributed by atoms with Crippen LogP contribution in [0.2, 0.25) is 0 Å². The zero-order valence-electron chi connectivity index (χ0n) is 22.0. The molecule has 5 fully saturated rings. The number of carbonyl (C=O) groups excluding carboxylic acids is 2. The van der Waals surface area contributed by atoms with Gasteiger partial charge in [0.05, 0.1) is 11.7 Å². The standard InChI is InChI=1S/C31H42O5/c1-30-15-13-22(32)18-21(30)19-25(35-29(33)20-8-4-3-5-9-20)28-23-11-12-26(31(23,2)16-14-24(28)30)36-27-10-6-7-17-34-27/h3-5,8-9,21,23-28H,6-7,10-19H2,1-2H3/t21-,23-,24-,25+,26-,27?,28-,30-,31-/m0/s1. The Balaban J connectivity index is 1.29. The minimum atomic E-state index is -0.223. The van der Waals surface area contributed by atoms with Crippen LogP contribution in [0.4, 0.5) is 0 Å². The largest absolute Gasteiger partial charge is 0.458 e. The van der Waals surface area contributed by atoms with E-state index in [9.17, 15) is 9.59 Å². The third-order valence-corrected chi connectivity index (χ3v) is 11.1. The molecule has 0 amide bonds. The van der Waals surface area contributed by atoms with Crippen molar-refractivity contribution >= 4 is 11.8 Å². The lowest BCUT2D eigenvalue weighted by Gasteiger charge is -2.61. The van der Waals surface area contributed by atoms with Crippen molar-refractivity contribution in [3.8, 4) is 0 Å². The summed E-state index contributed by atoms with van der Waals surface area (Å²) in [6, 6.07) is 9.38. The van der Waals surface area contributed by atoms with Crippen molar-refractivity contribution in [3.05, 3.63) is 35.9 Å². The Morgan fingerprint density at radius 1 is 0.972 bits per heavy atom. The van der Waals surface area contributed by atoms with E-state index in [1.165, 1.54) is 6.42 Å². The van der Waals surface area contributed by atoms with Gasteiger partial charge in [0.1, 0.15) is 11.9 Å². The highest BCUT2D eigenvalue weighted by atomic mass is 16.7. The van der Waals surface area contributed by atoms with E-state index < -0.39 is 0 Å². The molecule has 0 aromatic heterocycles. The summed E-state index contributed by atoms with van der Waals surface area (Å²) in [7, 11) is 0. The number of benzene rings is 1. The van der Waals surface area contributed by atoms with Gasteiger partial charge in [-0.25, -0.2) is 4.79 Å². The van der Waals surface area contributed by atoms with E-state index in [0.29, 0.717) is 47.9 Å². The van der Waals surface area contributed by atoms with Crippen molar-refractivity contribution in [2.24, 2.45) is 34.5 Å². The zero-order valence-corrected chi connectivity index (χ0v) is 22.0. The molecule has 1 saturated heterocycles. The fourth-order valence-corrected chi connectivity index (χ4v) is 9.07. The smallest absolute Gasteiger partial charge is 0.338 e. The predicted octanol–water partition coefficient (Wildman–Crippen LogP) is 6.35. The first-order chi connectivity index (χ1) is 17.4. The second-order valence-electron chi connectivity index (χ2n) is 12.8. The van der Waals surface area contributed by atoms with E-state index in [0.717, 1.165) is 58.0 Å². The van der Waals surface area contributed by atoms with E-state index in [2.05, 4.69) is 13.8 Å². The topological polar surface area (TPSA) is 61.8 Å². The van der Waals surface area contributed by atoms with E-state index in [-0.39, 0.29) is 35.3 Å². The third kappa shape index (κ3) is 4.15. The average molecular weight is 495 g/mol. The Morgan fingerprint density at radius 3 is 2.56 bits per heavy atom. The summed E-state index contributed by atoms with van der Waals surface area (Å²) in [5, 5.41) is 0. The van der Waals surface area contributed by atoms with Crippen molar-refractivity contribution in [2.75, 3.05) is 6.61 Å². The van der Waals surface area contributed by atoms with Gasteiger partial charge >= 0.3 is 5.97 Å². The van der Waals surface area contributed by atoms with Crippen molar-refractivity contribution < 1.29 is 23.8 Å². The second kappa shape index (κ2) is 9.54. The fraction of sp³-hybridized carbons (Fsp3) is 0.742. The minimum Gasteiger partial charge on any atom is -0.458 e. The molecule has 1 heterocycles. The summed E-state index contributed by atoms with van der Waals surface area (Å²) in [4.78, 5) is 25.8.